The highest BCUT2D eigenvalue weighted by atomic mass is 16.7. The van der Waals surface area contributed by atoms with E-state index >= 15 is 0 Å². The predicted octanol–water partition coefficient (Wildman–Crippen LogP) is 4.24. The number of anilines is 1. The first kappa shape index (κ1) is 17.8. The van der Waals surface area contributed by atoms with E-state index in [1.165, 1.54) is 0 Å². The van der Waals surface area contributed by atoms with Gasteiger partial charge in [-0.2, -0.15) is 0 Å². The Bertz CT molecular complexity index is 1070. The third-order valence-electron chi connectivity index (χ3n) is 5.70. The second-order valence-electron chi connectivity index (χ2n) is 7.54. The first-order valence-electron chi connectivity index (χ1n) is 9.70. The van der Waals surface area contributed by atoms with E-state index in [9.17, 15) is 9.90 Å². The maximum atomic E-state index is 13.0. The number of rotatable bonds is 5. The van der Waals surface area contributed by atoms with Gasteiger partial charge >= 0.3 is 0 Å². The molecule has 0 atom stereocenters. The average molecular weight is 387 g/mol. The van der Waals surface area contributed by atoms with Crippen molar-refractivity contribution in [1.82, 2.24) is 0 Å². The van der Waals surface area contributed by atoms with Gasteiger partial charge < -0.3 is 19.9 Å². The van der Waals surface area contributed by atoms with Crippen LogP contribution in [-0.4, -0.2) is 17.8 Å². The zero-order chi connectivity index (χ0) is 19.8. The minimum Gasteiger partial charge on any atom is -0.454 e. The summed E-state index contributed by atoms with van der Waals surface area (Å²) in [6.45, 7) is 0.246. The van der Waals surface area contributed by atoms with Crippen LogP contribution in [0.25, 0.3) is 11.1 Å². The van der Waals surface area contributed by atoms with Crippen molar-refractivity contribution < 1.29 is 19.4 Å². The number of fused-ring (bicyclic) bond motifs is 1. The molecule has 29 heavy (non-hydrogen) atoms. The molecule has 2 aliphatic rings. The third kappa shape index (κ3) is 3.23. The molecule has 0 spiro atoms. The van der Waals surface area contributed by atoms with Gasteiger partial charge in [0.2, 0.25) is 12.7 Å². The summed E-state index contributed by atoms with van der Waals surface area (Å²) in [5, 5.41) is 12.4. The molecule has 1 amide bonds. The Balaban J connectivity index is 1.33. The highest BCUT2D eigenvalue weighted by Crippen LogP contribution is 2.51. The molecule has 1 saturated carbocycles. The zero-order valence-electron chi connectivity index (χ0n) is 15.9. The molecule has 5 heteroatoms. The number of amides is 1. The van der Waals surface area contributed by atoms with Gasteiger partial charge in [0.15, 0.2) is 11.5 Å². The Kier molecular flexibility index (Phi) is 4.25. The Morgan fingerprint density at radius 3 is 2.48 bits per heavy atom. The van der Waals surface area contributed by atoms with E-state index in [-0.39, 0.29) is 19.3 Å². The third-order valence-corrected chi connectivity index (χ3v) is 5.70. The Morgan fingerprint density at radius 2 is 1.72 bits per heavy atom. The first-order valence-corrected chi connectivity index (χ1v) is 9.70. The fourth-order valence-electron chi connectivity index (χ4n) is 3.81. The van der Waals surface area contributed by atoms with Crippen molar-refractivity contribution in [2.75, 3.05) is 12.1 Å². The van der Waals surface area contributed by atoms with Crippen LogP contribution in [0.1, 0.15) is 24.0 Å². The number of carbonyl (C=O) groups is 1. The fraction of sp³-hybridized carbons (Fsp3) is 0.208. The molecule has 1 fully saturated rings. The number of aliphatic hydroxyl groups is 1. The van der Waals surface area contributed by atoms with Gasteiger partial charge in [-0.15, -0.1) is 0 Å². The van der Waals surface area contributed by atoms with Crippen LogP contribution in [0, 0.1) is 0 Å². The van der Waals surface area contributed by atoms with Gasteiger partial charge in [0.25, 0.3) is 0 Å². The van der Waals surface area contributed by atoms with Crippen LogP contribution in [0.4, 0.5) is 5.69 Å². The average Bonchev–Trinajstić information content (AvgIpc) is 3.45. The Morgan fingerprint density at radius 1 is 0.931 bits per heavy atom. The number of hydrogen-bond donors (Lipinski definition) is 2. The largest absolute Gasteiger partial charge is 0.454 e. The van der Waals surface area contributed by atoms with E-state index in [2.05, 4.69) is 5.32 Å². The van der Waals surface area contributed by atoms with Gasteiger partial charge in [-0.3, -0.25) is 4.79 Å². The Hall–Kier alpha value is -3.31. The van der Waals surface area contributed by atoms with Crippen LogP contribution in [0.2, 0.25) is 0 Å². The van der Waals surface area contributed by atoms with Crippen molar-refractivity contribution >= 4 is 11.6 Å². The van der Waals surface area contributed by atoms with Gasteiger partial charge in [0.1, 0.15) is 0 Å². The molecule has 0 bridgehead atoms. The Labute approximate surface area is 168 Å². The van der Waals surface area contributed by atoms with E-state index in [1.807, 2.05) is 66.7 Å². The number of ether oxygens (including phenoxy) is 2. The standard InChI is InChI=1S/C24H21NO4/c26-14-16-2-1-3-18(12-16)17-4-7-20(8-5-17)25-23(27)24(10-11-24)19-6-9-21-22(13-19)29-15-28-21/h1-9,12-13,26H,10-11,14-15H2,(H,25,27). The zero-order valence-corrected chi connectivity index (χ0v) is 15.9. The quantitative estimate of drug-likeness (QED) is 0.687. The molecule has 1 heterocycles. The summed E-state index contributed by atoms with van der Waals surface area (Å²) < 4.78 is 10.8. The van der Waals surface area contributed by atoms with E-state index in [4.69, 9.17) is 9.47 Å². The van der Waals surface area contributed by atoms with Crippen LogP contribution in [0.15, 0.2) is 66.7 Å². The van der Waals surface area contributed by atoms with Crippen LogP contribution in [0.3, 0.4) is 0 Å². The van der Waals surface area contributed by atoms with Gasteiger partial charge in [0.05, 0.1) is 12.0 Å². The van der Waals surface area contributed by atoms with Crippen molar-refractivity contribution in [1.29, 1.82) is 0 Å². The van der Waals surface area contributed by atoms with Gasteiger partial charge in [-0.1, -0.05) is 36.4 Å². The summed E-state index contributed by atoms with van der Waals surface area (Å²) in [7, 11) is 0. The molecule has 3 aromatic rings. The lowest BCUT2D eigenvalue weighted by molar-refractivity contribution is -0.118. The topological polar surface area (TPSA) is 67.8 Å². The first-order chi connectivity index (χ1) is 14.2. The molecular formula is C24H21NO4. The number of aliphatic hydroxyl groups excluding tert-OH is 1. The van der Waals surface area contributed by atoms with E-state index in [0.717, 1.165) is 46.5 Å². The van der Waals surface area contributed by atoms with E-state index in [1.54, 1.807) is 0 Å². The maximum absolute atomic E-state index is 13.0. The fourth-order valence-corrected chi connectivity index (χ4v) is 3.81. The maximum Gasteiger partial charge on any atom is 0.235 e. The minimum absolute atomic E-state index is 0.00592. The van der Waals surface area contributed by atoms with Crippen molar-refractivity contribution in [3.05, 3.63) is 77.9 Å². The normalized spacial score (nSPS) is 15.8. The summed E-state index contributed by atoms with van der Waals surface area (Å²) in [6, 6.07) is 21.3. The number of nitrogens with one attached hydrogen (secondary N) is 1. The lowest BCUT2D eigenvalue weighted by atomic mass is 9.94. The smallest absolute Gasteiger partial charge is 0.235 e. The number of benzene rings is 3. The number of carbonyl (C=O) groups excluding carboxylic acids is 1. The molecule has 5 rings (SSSR count). The van der Waals surface area contributed by atoms with Crippen LogP contribution in [-0.2, 0) is 16.8 Å². The van der Waals surface area contributed by atoms with E-state index in [0.29, 0.717) is 5.75 Å². The summed E-state index contributed by atoms with van der Waals surface area (Å²) in [5.41, 5.74) is 4.19. The van der Waals surface area contributed by atoms with Gasteiger partial charge in [-0.05, 0) is 65.4 Å². The lowest BCUT2D eigenvalue weighted by Crippen LogP contribution is -2.27. The predicted molar refractivity (Wildman–Crippen MR) is 110 cm³/mol. The molecule has 1 aliphatic heterocycles. The molecule has 1 aliphatic carbocycles. The lowest BCUT2D eigenvalue weighted by Gasteiger charge is -2.16. The van der Waals surface area contributed by atoms with Crippen molar-refractivity contribution in [2.24, 2.45) is 0 Å². The second-order valence-corrected chi connectivity index (χ2v) is 7.54. The molecule has 146 valence electrons. The highest BCUT2D eigenvalue weighted by Gasteiger charge is 2.51. The van der Waals surface area contributed by atoms with Gasteiger partial charge in [-0.25, -0.2) is 0 Å². The van der Waals surface area contributed by atoms with Crippen molar-refractivity contribution in [3.8, 4) is 22.6 Å². The summed E-state index contributed by atoms with van der Waals surface area (Å²) in [4.78, 5) is 13.0. The van der Waals surface area contributed by atoms with Crippen LogP contribution in [0.5, 0.6) is 11.5 Å². The molecule has 0 aromatic heterocycles. The summed E-state index contributed by atoms with van der Waals surface area (Å²) >= 11 is 0. The summed E-state index contributed by atoms with van der Waals surface area (Å²) in [5.74, 6) is 1.44. The SMILES string of the molecule is O=C(Nc1ccc(-c2cccc(CO)c2)cc1)C1(c2ccc3c(c2)OCO3)CC1. The monoisotopic (exact) mass is 387 g/mol. The number of hydrogen-bond acceptors (Lipinski definition) is 4. The molecule has 2 N–H and O–H groups in total. The van der Waals surface area contributed by atoms with Crippen LogP contribution < -0.4 is 14.8 Å². The molecule has 0 radical (unpaired) electrons. The molecule has 0 saturated heterocycles. The summed E-state index contributed by atoms with van der Waals surface area (Å²) in [6.07, 6.45) is 1.65. The molecule has 0 unspecified atom stereocenters. The van der Waals surface area contributed by atoms with Crippen molar-refractivity contribution in [2.45, 2.75) is 24.9 Å². The van der Waals surface area contributed by atoms with Crippen LogP contribution >= 0.6 is 0 Å². The molecular weight excluding hydrogens is 366 g/mol. The second kappa shape index (κ2) is 6.94. The molecule has 5 nitrogen and oxygen atoms in total. The van der Waals surface area contributed by atoms with Gasteiger partial charge in [0, 0.05) is 5.69 Å². The minimum atomic E-state index is -0.491. The highest BCUT2D eigenvalue weighted by molar-refractivity contribution is 6.01. The molecule has 3 aromatic carbocycles. The van der Waals surface area contributed by atoms with Crippen molar-refractivity contribution in [3.63, 3.8) is 0 Å². The van der Waals surface area contributed by atoms with E-state index < -0.39 is 5.41 Å².